The standard InChI is InChI=1S/C20H22FN3O3/c1-13-7-9-23(10-8-13)19-6-5-16(24(26)27)12-17(19)20(25)22-18-11-15(21)4-3-14(18)2/h3-6,11-13H,7-10H2,1-2H3,(H,22,25). The summed E-state index contributed by atoms with van der Waals surface area (Å²) in [5.74, 6) is -0.326. The van der Waals surface area contributed by atoms with Crippen molar-refractivity contribution in [2.75, 3.05) is 23.3 Å². The van der Waals surface area contributed by atoms with E-state index in [-0.39, 0.29) is 11.3 Å². The average Bonchev–Trinajstić information content (AvgIpc) is 2.65. The third kappa shape index (κ3) is 4.24. The molecular formula is C20H22FN3O3. The van der Waals surface area contributed by atoms with E-state index in [9.17, 15) is 19.3 Å². The van der Waals surface area contributed by atoms with Crippen LogP contribution in [0, 0.1) is 28.8 Å². The average molecular weight is 371 g/mol. The summed E-state index contributed by atoms with van der Waals surface area (Å²) in [5.41, 5.74) is 1.81. The number of nitrogens with one attached hydrogen (secondary N) is 1. The van der Waals surface area contributed by atoms with E-state index in [1.165, 1.54) is 24.3 Å². The van der Waals surface area contributed by atoms with Gasteiger partial charge in [-0.15, -0.1) is 0 Å². The number of nitro groups is 1. The zero-order chi connectivity index (χ0) is 19.6. The molecule has 3 rings (SSSR count). The van der Waals surface area contributed by atoms with Crippen molar-refractivity contribution >= 4 is 23.0 Å². The molecule has 0 bridgehead atoms. The molecule has 1 aliphatic rings. The maximum atomic E-state index is 13.5. The number of hydrogen-bond acceptors (Lipinski definition) is 4. The molecule has 0 aliphatic carbocycles. The molecule has 1 saturated heterocycles. The SMILES string of the molecule is Cc1ccc(F)cc1NC(=O)c1cc([N+](=O)[O-])ccc1N1CCC(C)CC1. The third-order valence-electron chi connectivity index (χ3n) is 5.01. The van der Waals surface area contributed by atoms with Crippen molar-refractivity contribution in [3.8, 4) is 0 Å². The van der Waals surface area contributed by atoms with Crippen LogP contribution in [0.4, 0.5) is 21.5 Å². The van der Waals surface area contributed by atoms with Gasteiger partial charge in [0.1, 0.15) is 5.82 Å². The van der Waals surface area contributed by atoms with Crippen molar-refractivity contribution in [2.24, 2.45) is 5.92 Å². The van der Waals surface area contributed by atoms with Crippen LogP contribution in [0.15, 0.2) is 36.4 Å². The molecule has 0 saturated carbocycles. The number of benzene rings is 2. The topological polar surface area (TPSA) is 75.5 Å². The Bertz CT molecular complexity index is 877. The number of nitro benzene ring substituents is 1. The molecule has 2 aromatic carbocycles. The van der Waals surface area contributed by atoms with Crippen LogP contribution >= 0.6 is 0 Å². The van der Waals surface area contributed by atoms with Crippen molar-refractivity contribution in [1.29, 1.82) is 0 Å². The highest BCUT2D eigenvalue weighted by Crippen LogP contribution is 2.30. The van der Waals surface area contributed by atoms with Gasteiger partial charge in [0, 0.05) is 30.9 Å². The van der Waals surface area contributed by atoms with Crippen LogP contribution in [0.5, 0.6) is 0 Å². The van der Waals surface area contributed by atoms with Gasteiger partial charge in [0.2, 0.25) is 0 Å². The van der Waals surface area contributed by atoms with E-state index in [4.69, 9.17) is 0 Å². The van der Waals surface area contributed by atoms with Crippen LogP contribution < -0.4 is 10.2 Å². The van der Waals surface area contributed by atoms with Crippen LogP contribution in [0.25, 0.3) is 0 Å². The summed E-state index contributed by atoms with van der Waals surface area (Å²) < 4.78 is 13.5. The normalized spacial score (nSPS) is 14.9. The van der Waals surface area contributed by atoms with Crippen LogP contribution in [0.3, 0.4) is 0 Å². The molecule has 1 amide bonds. The molecule has 1 N–H and O–H groups in total. The van der Waals surface area contributed by atoms with Crippen molar-refractivity contribution in [2.45, 2.75) is 26.7 Å². The summed E-state index contributed by atoms with van der Waals surface area (Å²) in [5, 5.41) is 13.9. The fourth-order valence-corrected chi connectivity index (χ4v) is 3.26. The van der Waals surface area contributed by atoms with Gasteiger partial charge < -0.3 is 10.2 Å². The molecule has 142 valence electrons. The lowest BCUT2D eigenvalue weighted by Crippen LogP contribution is -2.34. The molecular weight excluding hydrogens is 349 g/mol. The number of piperidine rings is 1. The fraction of sp³-hybridized carbons (Fsp3) is 0.350. The molecule has 0 aromatic heterocycles. The Hall–Kier alpha value is -2.96. The largest absolute Gasteiger partial charge is 0.371 e. The first kappa shape index (κ1) is 18.8. The highest BCUT2D eigenvalue weighted by molar-refractivity contribution is 6.09. The van der Waals surface area contributed by atoms with Crippen molar-refractivity contribution < 1.29 is 14.1 Å². The van der Waals surface area contributed by atoms with E-state index in [1.807, 2.05) is 0 Å². The van der Waals surface area contributed by atoms with E-state index >= 15 is 0 Å². The summed E-state index contributed by atoms with van der Waals surface area (Å²) in [6, 6.07) is 8.47. The quantitative estimate of drug-likeness (QED) is 0.633. The summed E-state index contributed by atoms with van der Waals surface area (Å²) in [7, 11) is 0. The Morgan fingerprint density at radius 1 is 1.22 bits per heavy atom. The maximum absolute atomic E-state index is 13.5. The summed E-state index contributed by atoms with van der Waals surface area (Å²) in [6.45, 7) is 5.53. The number of anilines is 2. The van der Waals surface area contributed by atoms with Crippen LogP contribution in [0.2, 0.25) is 0 Å². The third-order valence-corrected chi connectivity index (χ3v) is 5.01. The van der Waals surface area contributed by atoms with Gasteiger partial charge in [-0.05, 0) is 49.4 Å². The van der Waals surface area contributed by atoms with Gasteiger partial charge in [0.15, 0.2) is 0 Å². The second kappa shape index (κ2) is 7.73. The van der Waals surface area contributed by atoms with Gasteiger partial charge in [-0.3, -0.25) is 14.9 Å². The molecule has 0 radical (unpaired) electrons. The number of halogens is 1. The van der Waals surface area contributed by atoms with Crippen molar-refractivity contribution in [3.63, 3.8) is 0 Å². The molecule has 27 heavy (non-hydrogen) atoms. The highest BCUT2D eigenvalue weighted by Gasteiger charge is 2.24. The molecule has 6 nitrogen and oxygen atoms in total. The number of nitrogens with zero attached hydrogens (tertiary/aromatic N) is 2. The minimum atomic E-state index is -0.522. The van der Waals surface area contributed by atoms with E-state index in [1.54, 1.807) is 19.1 Å². The lowest BCUT2D eigenvalue weighted by atomic mass is 9.97. The molecule has 1 aliphatic heterocycles. The summed E-state index contributed by atoms with van der Waals surface area (Å²) in [6.07, 6.45) is 2.00. The molecule has 1 fully saturated rings. The lowest BCUT2D eigenvalue weighted by molar-refractivity contribution is -0.384. The van der Waals surface area contributed by atoms with Gasteiger partial charge in [-0.25, -0.2) is 4.39 Å². The number of carbonyl (C=O) groups is 1. The second-order valence-electron chi connectivity index (χ2n) is 7.04. The number of rotatable bonds is 4. The first-order chi connectivity index (χ1) is 12.8. The van der Waals surface area contributed by atoms with E-state index in [0.717, 1.165) is 25.9 Å². The van der Waals surface area contributed by atoms with Gasteiger partial charge in [-0.1, -0.05) is 13.0 Å². The number of non-ortho nitro benzene ring substituents is 1. The minimum Gasteiger partial charge on any atom is -0.371 e. The summed E-state index contributed by atoms with van der Waals surface area (Å²) >= 11 is 0. The van der Waals surface area contributed by atoms with Gasteiger partial charge in [0.25, 0.3) is 11.6 Å². The Kier molecular flexibility index (Phi) is 5.39. The predicted molar refractivity (Wildman–Crippen MR) is 103 cm³/mol. The van der Waals surface area contributed by atoms with E-state index < -0.39 is 16.6 Å². The van der Waals surface area contributed by atoms with E-state index in [2.05, 4.69) is 17.1 Å². The van der Waals surface area contributed by atoms with Crippen molar-refractivity contribution in [3.05, 3.63) is 63.5 Å². The second-order valence-corrected chi connectivity index (χ2v) is 7.04. The fourth-order valence-electron chi connectivity index (χ4n) is 3.26. The molecule has 2 aromatic rings. The zero-order valence-corrected chi connectivity index (χ0v) is 15.4. The molecule has 0 atom stereocenters. The Labute approximate surface area is 157 Å². The zero-order valence-electron chi connectivity index (χ0n) is 15.4. The molecule has 0 spiro atoms. The first-order valence-corrected chi connectivity index (χ1v) is 8.96. The number of carbonyl (C=O) groups excluding carboxylic acids is 1. The van der Waals surface area contributed by atoms with Gasteiger partial charge in [0.05, 0.1) is 16.2 Å². The Balaban J connectivity index is 1.95. The Morgan fingerprint density at radius 3 is 2.59 bits per heavy atom. The maximum Gasteiger partial charge on any atom is 0.270 e. The lowest BCUT2D eigenvalue weighted by Gasteiger charge is -2.33. The smallest absolute Gasteiger partial charge is 0.270 e. The number of amides is 1. The Morgan fingerprint density at radius 2 is 1.93 bits per heavy atom. The van der Waals surface area contributed by atoms with Crippen LogP contribution in [-0.4, -0.2) is 23.9 Å². The highest BCUT2D eigenvalue weighted by atomic mass is 19.1. The molecule has 7 heteroatoms. The van der Waals surface area contributed by atoms with Gasteiger partial charge >= 0.3 is 0 Å². The van der Waals surface area contributed by atoms with Crippen molar-refractivity contribution in [1.82, 2.24) is 0 Å². The van der Waals surface area contributed by atoms with Gasteiger partial charge in [-0.2, -0.15) is 0 Å². The number of aryl methyl sites for hydroxylation is 1. The van der Waals surface area contributed by atoms with E-state index in [0.29, 0.717) is 22.9 Å². The molecule has 0 unspecified atom stereocenters. The monoisotopic (exact) mass is 371 g/mol. The number of hydrogen-bond donors (Lipinski definition) is 1. The van der Waals surface area contributed by atoms with Crippen LogP contribution in [-0.2, 0) is 0 Å². The predicted octanol–water partition coefficient (Wildman–Crippen LogP) is 4.53. The van der Waals surface area contributed by atoms with Crippen LogP contribution in [0.1, 0.15) is 35.7 Å². The minimum absolute atomic E-state index is 0.148. The molecule has 1 heterocycles. The summed E-state index contributed by atoms with van der Waals surface area (Å²) in [4.78, 5) is 25.6. The first-order valence-electron chi connectivity index (χ1n) is 8.96.